The first-order valence-electron chi connectivity index (χ1n) is 12.8. The zero-order chi connectivity index (χ0) is 30.1. The second kappa shape index (κ2) is 14.5. The van der Waals surface area contributed by atoms with Crippen molar-refractivity contribution in [1.29, 1.82) is 0 Å². The molecule has 1 aliphatic heterocycles. The summed E-state index contributed by atoms with van der Waals surface area (Å²) >= 11 is 0. The Morgan fingerprint density at radius 1 is 1.20 bits per heavy atom. The Bertz CT molecular complexity index is 1140. The van der Waals surface area contributed by atoms with Crippen molar-refractivity contribution in [2.24, 2.45) is 10.9 Å². The number of benzene rings is 1. The quantitative estimate of drug-likeness (QED) is 0.161. The van der Waals surface area contributed by atoms with Crippen LogP contribution in [0.25, 0.3) is 0 Å². The van der Waals surface area contributed by atoms with Crippen molar-refractivity contribution in [2.45, 2.75) is 77.9 Å². The maximum Gasteiger partial charge on any atom is 0.459 e. The van der Waals surface area contributed by atoms with E-state index in [9.17, 15) is 29.2 Å². The van der Waals surface area contributed by atoms with E-state index in [2.05, 4.69) is 10.1 Å². The minimum absolute atomic E-state index is 0.164. The van der Waals surface area contributed by atoms with E-state index in [4.69, 9.17) is 18.5 Å². The molecule has 222 valence electrons. The summed E-state index contributed by atoms with van der Waals surface area (Å²) in [5.41, 5.74) is -2.14. The molecule has 1 aromatic carbocycles. The lowest BCUT2D eigenvalue weighted by Gasteiger charge is -2.25. The van der Waals surface area contributed by atoms with Crippen LogP contribution < -0.4 is 14.9 Å². The summed E-state index contributed by atoms with van der Waals surface area (Å²) in [4.78, 5) is 39.8. The van der Waals surface area contributed by atoms with Gasteiger partial charge in [0.25, 0.3) is 5.91 Å². The van der Waals surface area contributed by atoms with Gasteiger partial charge < -0.3 is 24.2 Å². The number of ether oxygens (including phenoxy) is 2. The molecule has 4 N–H and O–H groups in total. The maximum absolute atomic E-state index is 13.7. The number of nitrogens with one attached hydrogen (secondary N) is 2. The third-order valence-electron chi connectivity index (χ3n) is 5.58. The van der Waals surface area contributed by atoms with Crippen molar-refractivity contribution < 1.29 is 47.7 Å². The molecule has 6 atom stereocenters. The van der Waals surface area contributed by atoms with Crippen molar-refractivity contribution in [2.75, 3.05) is 6.61 Å². The molecule has 0 saturated carbocycles. The van der Waals surface area contributed by atoms with Crippen LogP contribution in [0.2, 0.25) is 0 Å². The molecule has 1 aromatic rings. The van der Waals surface area contributed by atoms with Crippen LogP contribution >= 0.6 is 7.75 Å². The van der Waals surface area contributed by atoms with Crippen LogP contribution in [0.5, 0.6) is 5.75 Å². The molecular formula is C26H38N3O10P. The Labute approximate surface area is 233 Å². The highest BCUT2D eigenvalue weighted by atomic mass is 31.2. The predicted molar refractivity (Wildman–Crippen MR) is 146 cm³/mol. The van der Waals surface area contributed by atoms with Crippen LogP contribution in [-0.2, 0) is 28.2 Å². The van der Waals surface area contributed by atoms with Gasteiger partial charge in [0.2, 0.25) is 5.90 Å². The first-order valence-corrected chi connectivity index (χ1v) is 14.3. The first-order chi connectivity index (χ1) is 18.7. The second-order valence-corrected chi connectivity index (χ2v) is 11.6. The standard InChI is InChI=1S/C26H38N3O10P/c1-7-11-21(30)27-25(33)28-24-26(6,34)22(31)20(38-24)15-36-40(35,39-19-12-9-8-10-13-19)29-18(5)23(32)37-17(4)14-16(2)3/h7-13,16-18,20,22,31,34H,14-15H2,1-6H3,(H,29,35)(H,27,30,33)/b11-7-,28-24+/t17?,18-,20+,22+,26+,40+/m0/s1. The Morgan fingerprint density at radius 2 is 1.85 bits per heavy atom. The monoisotopic (exact) mass is 583 g/mol. The van der Waals surface area contributed by atoms with E-state index >= 15 is 0 Å². The number of imide groups is 1. The third-order valence-corrected chi connectivity index (χ3v) is 7.22. The first kappa shape index (κ1) is 33.1. The van der Waals surface area contributed by atoms with E-state index in [0.717, 1.165) is 13.0 Å². The summed E-state index contributed by atoms with van der Waals surface area (Å²) in [7, 11) is -4.31. The van der Waals surface area contributed by atoms with Gasteiger partial charge in [0.05, 0.1) is 12.7 Å². The molecule has 0 spiro atoms. The van der Waals surface area contributed by atoms with Gasteiger partial charge in [0.15, 0.2) is 11.7 Å². The van der Waals surface area contributed by atoms with E-state index in [0.29, 0.717) is 12.3 Å². The van der Waals surface area contributed by atoms with Crippen LogP contribution in [0.3, 0.4) is 0 Å². The Hall–Kier alpha value is -3.09. The lowest BCUT2D eigenvalue weighted by Crippen LogP contribution is -2.45. The third kappa shape index (κ3) is 9.83. The fourth-order valence-electron chi connectivity index (χ4n) is 3.68. The van der Waals surface area contributed by atoms with Gasteiger partial charge in [-0.25, -0.2) is 9.36 Å². The van der Waals surface area contributed by atoms with Crippen molar-refractivity contribution in [1.82, 2.24) is 10.4 Å². The van der Waals surface area contributed by atoms with Crippen molar-refractivity contribution in [3.05, 3.63) is 42.5 Å². The van der Waals surface area contributed by atoms with Crippen LogP contribution in [0.4, 0.5) is 4.79 Å². The number of nitrogens with zero attached hydrogens (tertiary/aromatic N) is 1. The van der Waals surface area contributed by atoms with Crippen LogP contribution in [-0.4, -0.2) is 70.6 Å². The number of esters is 1. The van der Waals surface area contributed by atoms with Crippen molar-refractivity contribution >= 4 is 31.6 Å². The molecule has 3 amide bonds. The Morgan fingerprint density at radius 3 is 2.45 bits per heavy atom. The molecule has 13 nitrogen and oxygen atoms in total. The van der Waals surface area contributed by atoms with Crippen LogP contribution in [0.15, 0.2) is 47.5 Å². The largest absolute Gasteiger partial charge is 0.470 e. The molecule has 0 aromatic heterocycles. The molecule has 14 heteroatoms. The number of aliphatic hydroxyl groups is 2. The highest BCUT2D eigenvalue weighted by Gasteiger charge is 2.52. The normalized spacial score (nSPS) is 24.8. The second-order valence-electron chi connectivity index (χ2n) is 9.89. The van der Waals surface area contributed by atoms with E-state index in [1.54, 1.807) is 32.0 Å². The van der Waals surface area contributed by atoms with Crippen LogP contribution in [0.1, 0.15) is 48.0 Å². The SMILES string of the molecule is C/C=C\C(=O)NC(=O)/N=C1/O[C@H](CO[P@](=O)(N[C@@H](C)C(=O)OC(C)CC(C)C)Oc2ccccc2)[C@@H](O)[C@@]1(C)O. The number of rotatable bonds is 12. The minimum atomic E-state index is -4.31. The number of allylic oxidation sites excluding steroid dienone is 1. The summed E-state index contributed by atoms with van der Waals surface area (Å²) < 4.78 is 35.7. The smallest absolute Gasteiger partial charge is 0.459 e. The number of urea groups is 1. The van der Waals surface area contributed by atoms with Gasteiger partial charge in [0, 0.05) is 0 Å². The molecule has 40 heavy (non-hydrogen) atoms. The Balaban J connectivity index is 2.17. The highest BCUT2D eigenvalue weighted by molar-refractivity contribution is 7.52. The van der Waals surface area contributed by atoms with Gasteiger partial charge in [0.1, 0.15) is 17.9 Å². The van der Waals surface area contributed by atoms with Crippen LogP contribution in [0, 0.1) is 5.92 Å². The van der Waals surface area contributed by atoms with Gasteiger partial charge in [-0.05, 0) is 58.2 Å². The van der Waals surface area contributed by atoms with Crippen molar-refractivity contribution in [3.8, 4) is 5.75 Å². The molecule has 2 rings (SSSR count). The molecule has 1 unspecified atom stereocenters. The molecule has 0 bridgehead atoms. The Kier molecular flexibility index (Phi) is 12.0. The molecule has 1 fully saturated rings. The number of aliphatic hydroxyl groups excluding tert-OH is 1. The minimum Gasteiger partial charge on any atom is -0.470 e. The lowest BCUT2D eigenvalue weighted by molar-refractivity contribution is -0.150. The fourth-order valence-corrected chi connectivity index (χ4v) is 5.18. The van der Waals surface area contributed by atoms with Gasteiger partial charge >= 0.3 is 19.7 Å². The van der Waals surface area contributed by atoms with E-state index in [1.165, 1.54) is 25.1 Å². The number of carbonyl (C=O) groups excluding carboxylic acids is 3. The summed E-state index contributed by atoms with van der Waals surface area (Å²) in [6, 6.07) is 5.80. The number of amides is 3. The average molecular weight is 584 g/mol. The summed E-state index contributed by atoms with van der Waals surface area (Å²) in [6.07, 6.45) is -0.262. The van der Waals surface area contributed by atoms with Crippen molar-refractivity contribution in [3.63, 3.8) is 0 Å². The van der Waals surface area contributed by atoms with Gasteiger partial charge in [-0.3, -0.25) is 19.4 Å². The number of aliphatic imine (C=N–C) groups is 1. The maximum atomic E-state index is 13.7. The highest BCUT2D eigenvalue weighted by Crippen LogP contribution is 2.46. The fraction of sp³-hybridized carbons (Fsp3) is 0.538. The molecule has 1 saturated heterocycles. The van der Waals surface area contributed by atoms with Gasteiger partial charge in [-0.15, -0.1) is 0 Å². The van der Waals surface area contributed by atoms with Gasteiger partial charge in [-0.1, -0.05) is 38.1 Å². The number of hydrogen-bond acceptors (Lipinski definition) is 10. The molecule has 1 heterocycles. The molecule has 0 radical (unpaired) electrons. The van der Waals surface area contributed by atoms with E-state index in [-0.39, 0.29) is 11.9 Å². The average Bonchev–Trinajstić information content (AvgIpc) is 3.05. The molecule has 0 aliphatic carbocycles. The number of para-hydroxylation sites is 1. The molecular weight excluding hydrogens is 545 g/mol. The van der Waals surface area contributed by atoms with Gasteiger partial charge in [-0.2, -0.15) is 10.1 Å². The predicted octanol–water partition coefficient (Wildman–Crippen LogP) is 2.87. The van der Waals surface area contributed by atoms with E-state index in [1.807, 2.05) is 19.2 Å². The summed E-state index contributed by atoms with van der Waals surface area (Å²) in [6.45, 7) is 9.27. The topological polar surface area (TPSA) is 182 Å². The molecule has 1 aliphatic rings. The number of hydrogen-bond donors (Lipinski definition) is 4. The summed E-state index contributed by atoms with van der Waals surface area (Å²) in [5.74, 6) is -1.54. The zero-order valence-electron chi connectivity index (χ0n) is 23.4. The lowest BCUT2D eigenvalue weighted by atomic mass is 9.98. The zero-order valence-corrected chi connectivity index (χ0v) is 24.3. The summed E-state index contributed by atoms with van der Waals surface area (Å²) in [5, 5.41) is 25.8. The van der Waals surface area contributed by atoms with E-state index < -0.39 is 62.0 Å². The number of carbonyl (C=O) groups is 3.